The van der Waals surface area contributed by atoms with Crippen molar-refractivity contribution in [2.75, 3.05) is 26.7 Å². The van der Waals surface area contributed by atoms with Gasteiger partial charge in [0, 0.05) is 19.6 Å². The van der Waals surface area contributed by atoms with Gasteiger partial charge in [0.1, 0.15) is 11.6 Å². The third-order valence-electron chi connectivity index (χ3n) is 6.02. The van der Waals surface area contributed by atoms with E-state index in [9.17, 15) is 4.79 Å². The summed E-state index contributed by atoms with van der Waals surface area (Å²) >= 11 is 0. The SMILES string of the molecule is CCCNC(=O)[C@H]1CCCN(Cc2nc3ccccc3n2Cc2ccc(OC)cc2)C1. The van der Waals surface area contributed by atoms with Crippen LogP contribution in [0.5, 0.6) is 5.75 Å². The van der Waals surface area contributed by atoms with Crippen LogP contribution in [0.2, 0.25) is 0 Å². The molecule has 0 bridgehead atoms. The Bertz CT molecular complexity index is 1010. The van der Waals surface area contributed by atoms with E-state index in [0.717, 1.165) is 74.6 Å². The van der Waals surface area contributed by atoms with Gasteiger partial charge in [-0.3, -0.25) is 9.69 Å². The highest BCUT2D eigenvalue weighted by Gasteiger charge is 2.26. The highest BCUT2D eigenvalue weighted by Crippen LogP contribution is 2.23. The zero-order valence-electron chi connectivity index (χ0n) is 18.5. The Morgan fingerprint density at radius 3 is 2.74 bits per heavy atom. The quantitative estimate of drug-likeness (QED) is 0.602. The number of hydrogen-bond donors (Lipinski definition) is 1. The molecule has 6 nitrogen and oxygen atoms in total. The molecule has 0 spiro atoms. The lowest BCUT2D eigenvalue weighted by molar-refractivity contribution is -0.126. The van der Waals surface area contributed by atoms with Crippen LogP contribution < -0.4 is 10.1 Å². The Morgan fingerprint density at radius 2 is 1.97 bits per heavy atom. The molecule has 0 unspecified atom stereocenters. The second-order valence-corrected chi connectivity index (χ2v) is 8.32. The highest BCUT2D eigenvalue weighted by atomic mass is 16.5. The second-order valence-electron chi connectivity index (χ2n) is 8.32. The molecule has 3 aromatic rings. The number of likely N-dealkylation sites (tertiary alicyclic amines) is 1. The first-order valence-electron chi connectivity index (χ1n) is 11.2. The lowest BCUT2D eigenvalue weighted by atomic mass is 9.97. The summed E-state index contributed by atoms with van der Waals surface area (Å²) in [6, 6.07) is 16.5. The van der Waals surface area contributed by atoms with Crippen LogP contribution in [0.4, 0.5) is 0 Å². The Balaban J connectivity index is 1.54. The predicted octanol–water partition coefficient (Wildman–Crippen LogP) is 3.83. The lowest BCUT2D eigenvalue weighted by Gasteiger charge is -2.31. The van der Waals surface area contributed by atoms with Gasteiger partial charge in [-0.1, -0.05) is 31.2 Å². The summed E-state index contributed by atoms with van der Waals surface area (Å²) in [7, 11) is 1.69. The second kappa shape index (κ2) is 9.96. The first-order chi connectivity index (χ1) is 15.2. The molecule has 0 aliphatic carbocycles. The number of aromatic nitrogens is 2. The van der Waals surface area contributed by atoms with E-state index < -0.39 is 0 Å². The topological polar surface area (TPSA) is 59.4 Å². The summed E-state index contributed by atoms with van der Waals surface area (Å²) in [5.74, 6) is 2.17. The predicted molar refractivity (Wildman–Crippen MR) is 123 cm³/mol. The Hall–Kier alpha value is -2.86. The lowest BCUT2D eigenvalue weighted by Crippen LogP contribution is -2.43. The molecule has 6 heteroatoms. The number of benzene rings is 2. The van der Waals surface area contributed by atoms with E-state index in [-0.39, 0.29) is 11.8 Å². The first kappa shape index (κ1) is 21.4. The zero-order valence-corrected chi connectivity index (χ0v) is 18.5. The van der Waals surface area contributed by atoms with Gasteiger partial charge in [-0.2, -0.15) is 0 Å². The van der Waals surface area contributed by atoms with Crippen LogP contribution >= 0.6 is 0 Å². The number of fused-ring (bicyclic) bond motifs is 1. The molecule has 0 radical (unpaired) electrons. The molecule has 0 saturated carbocycles. The minimum absolute atomic E-state index is 0.0692. The van der Waals surface area contributed by atoms with Crippen molar-refractivity contribution in [1.29, 1.82) is 0 Å². The van der Waals surface area contributed by atoms with Gasteiger partial charge in [0.05, 0.1) is 30.6 Å². The number of amides is 1. The molecular weight excluding hydrogens is 388 g/mol. The van der Waals surface area contributed by atoms with Gasteiger partial charge in [-0.05, 0) is 55.6 Å². The molecular formula is C25H32N4O2. The molecule has 1 saturated heterocycles. The zero-order chi connectivity index (χ0) is 21.6. The number of methoxy groups -OCH3 is 1. The number of piperidine rings is 1. The van der Waals surface area contributed by atoms with Crippen molar-refractivity contribution in [3.8, 4) is 5.75 Å². The first-order valence-corrected chi connectivity index (χ1v) is 11.2. The fourth-order valence-corrected chi connectivity index (χ4v) is 4.34. The number of para-hydroxylation sites is 2. The molecule has 1 atom stereocenters. The number of nitrogens with one attached hydrogen (secondary N) is 1. The van der Waals surface area contributed by atoms with Crippen LogP contribution in [0.15, 0.2) is 48.5 Å². The van der Waals surface area contributed by atoms with Gasteiger partial charge in [-0.25, -0.2) is 4.98 Å². The van der Waals surface area contributed by atoms with E-state index in [4.69, 9.17) is 9.72 Å². The maximum Gasteiger partial charge on any atom is 0.224 e. The number of carbonyl (C=O) groups excluding carboxylic acids is 1. The van der Waals surface area contributed by atoms with E-state index in [1.807, 2.05) is 18.2 Å². The number of ether oxygens (including phenoxy) is 1. The number of carbonyl (C=O) groups is 1. The number of nitrogens with zero attached hydrogens (tertiary/aromatic N) is 3. The van der Waals surface area contributed by atoms with Crippen molar-refractivity contribution in [3.63, 3.8) is 0 Å². The van der Waals surface area contributed by atoms with E-state index in [1.54, 1.807) is 7.11 Å². The molecule has 1 amide bonds. The summed E-state index contributed by atoms with van der Waals surface area (Å²) in [6.45, 7) is 6.15. The maximum absolute atomic E-state index is 12.5. The molecule has 1 aromatic heterocycles. The van der Waals surface area contributed by atoms with Crippen LogP contribution in [0, 0.1) is 5.92 Å². The van der Waals surface area contributed by atoms with E-state index in [2.05, 4.69) is 52.0 Å². The monoisotopic (exact) mass is 420 g/mol. The minimum Gasteiger partial charge on any atom is -0.497 e. The number of imidazole rings is 1. The Kier molecular flexibility index (Phi) is 6.87. The third-order valence-corrected chi connectivity index (χ3v) is 6.02. The Labute approximate surface area is 184 Å². The van der Waals surface area contributed by atoms with Gasteiger partial charge in [0.2, 0.25) is 5.91 Å². The van der Waals surface area contributed by atoms with E-state index in [0.29, 0.717) is 0 Å². The summed E-state index contributed by atoms with van der Waals surface area (Å²) in [5, 5.41) is 3.06. The summed E-state index contributed by atoms with van der Waals surface area (Å²) in [4.78, 5) is 19.8. The highest BCUT2D eigenvalue weighted by molar-refractivity contribution is 5.79. The average Bonchev–Trinajstić information content (AvgIpc) is 3.15. The van der Waals surface area contributed by atoms with Gasteiger partial charge in [0.15, 0.2) is 0 Å². The van der Waals surface area contributed by atoms with E-state index in [1.165, 1.54) is 5.56 Å². The third kappa shape index (κ3) is 5.07. The molecule has 31 heavy (non-hydrogen) atoms. The van der Waals surface area contributed by atoms with Crippen LogP contribution in [-0.2, 0) is 17.9 Å². The number of rotatable bonds is 8. The van der Waals surface area contributed by atoms with E-state index >= 15 is 0 Å². The van der Waals surface area contributed by atoms with Crippen LogP contribution in [0.1, 0.15) is 37.6 Å². The molecule has 1 aliphatic rings. The molecule has 164 valence electrons. The minimum atomic E-state index is 0.0692. The van der Waals surface area contributed by atoms with Crippen LogP contribution in [0.3, 0.4) is 0 Å². The fraction of sp³-hybridized carbons (Fsp3) is 0.440. The molecule has 1 N–H and O–H groups in total. The summed E-state index contributed by atoms with van der Waals surface area (Å²) in [6.07, 6.45) is 2.98. The summed E-state index contributed by atoms with van der Waals surface area (Å²) in [5.41, 5.74) is 3.36. The van der Waals surface area contributed by atoms with Crippen molar-refractivity contribution < 1.29 is 9.53 Å². The van der Waals surface area contributed by atoms with Crippen molar-refractivity contribution in [1.82, 2.24) is 19.8 Å². The van der Waals surface area contributed by atoms with Crippen molar-refractivity contribution in [2.45, 2.75) is 39.3 Å². The average molecular weight is 421 g/mol. The van der Waals surface area contributed by atoms with Crippen LogP contribution in [-0.4, -0.2) is 47.1 Å². The smallest absolute Gasteiger partial charge is 0.224 e. The number of hydrogen-bond acceptors (Lipinski definition) is 4. The summed E-state index contributed by atoms with van der Waals surface area (Å²) < 4.78 is 7.60. The van der Waals surface area contributed by atoms with Crippen molar-refractivity contribution >= 4 is 16.9 Å². The van der Waals surface area contributed by atoms with Gasteiger partial charge in [0.25, 0.3) is 0 Å². The Morgan fingerprint density at radius 1 is 1.16 bits per heavy atom. The van der Waals surface area contributed by atoms with Crippen molar-refractivity contribution in [2.24, 2.45) is 5.92 Å². The standard InChI is InChI=1S/C25H32N4O2/c1-3-14-26-25(30)20-7-6-15-28(17-20)18-24-27-22-8-4-5-9-23(22)29(24)16-19-10-12-21(31-2)13-11-19/h4-5,8-13,20H,3,6-7,14-18H2,1-2H3,(H,26,30)/t20-/m0/s1. The molecule has 1 fully saturated rings. The molecule has 1 aliphatic heterocycles. The van der Waals surface area contributed by atoms with Gasteiger partial charge in [-0.15, -0.1) is 0 Å². The fourth-order valence-electron chi connectivity index (χ4n) is 4.34. The van der Waals surface area contributed by atoms with Gasteiger partial charge >= 0.3 is 0 Å². The van der Waals surface area contributed by atoms with Crippen LogP contribution in [0.25, 0.3) is 11.0 Å². The maximum atomic E-state index is 12.5. The van der Waals surface area contributed by atoms with Gasteiger partial charge < -0.3 is 14.6 Å². The van der Waals surface area contributed by atoms with Crippen molar-refractivity contribution in [3.05, 3.63) is 59.9 Å². The molecule has 2 heterocycles. The largest absolute Gasteiger partial charge is 0.497 e. The molecule has 4 rings (SSSR count). The molecule has 2 aromatic carbocycles. The normalized spacial score (nSPS) is 17.0.